The molecular weight excluding hydrogens is 248 g/mol. The Morgan fingerprint density at radius 3 is 2.33 bits per heavy atom. The molecule has 18 heavy (non-hydrogen) atoms. The van der Waals surface area contributed by atoms with Crippen LogP contribution in [0.4, 0.5) is 0 Å². The van der Waals surface area contributed by atoms with Crippen molar-refractivity contribution in [2.24, 2.45) is 5.92 Å². The Bertz CT molecular complexity index is 376. The number of hydrogen-bond donors (Lipinski definition) is 1. The zero-order chi connectivity index (χ0) is 13.4. The van der Waals surface area contributed by atoms with Crippen LogP contribution in [0.5, 0.6) is 0 Å². The van der Waals surface area contributed by atoms with Gasteiger partial charge in [-0.05, 0) is 65.5 Å². The molecule has 0 spiro atoms. The molecular formula is C13H26N2O2S. The predicted octanol–water partition coefficient (Wildman–Crippen LogP) is 1.58. The molecule has 0 aromatic heterocycles. The van der Waals surface area contributed by atoms with Crippen LogP contribution in [0.3, 0.4) is 0 Å². The number of nitrogens with one attached hydrogen (secondary N) is 1. The van der Waals surface area contributed by atoms with E-state index in [0.29, 0.717) is 12.5 Å². The third-order valence-corrected chi connectivity index (χ3v) is 6.49. The molecule has 106 valence electrons. The molecule has 1 saturated heterocycles. The van der Waals surface area contributed by atoms with Gasteiger partial charge in [0.15, 0.2) is 0 Å². The standard InChI is InChI=1S/C13H26N2O2S/c1-13(2,3)18(16,17)15(12-6-7-12)10-11-5-4-8-14-9-11/h11-12,14H,4-10H2,1-3H3. The average Bonchev–Trinajstić information content (AvgIpc) is 3.09. The Morgan fingerprint density at radius 1 is 1.22 bits per heavy atom. The van der Waals surface area contributed by atoms with E-state index in [1.54, 1.807) is 25.1 Å². The van der Waals surface area contributed by atoms with Crippen molar-refractivity contribution in [2.75, 3.05) is 19.6 Å². The summed E-state index contributed by atoms with van der Waals surface area (Å²) in [6.07, 6.45) is 4.39. The normalized spacial score (nSPS) is 26.6. The highest BCUT2D eigenvalue weighted by Gasteiger charge is 2.43. The molecule has 0 aromatic carbocycles. The van der Waals surface area contributed by atoms with Crippen LogP contribution < -0.4 is 5.32 Å². The Morgan fingerprint density at radius 2 is 1.89 bits per heavy atom. The zero-order valence-electron chi connectivity index (χ0n) is 11.8. The molecule has 1 saturated carbocycles. The van der Waals surface area contributed by atoms with Crippen LogP contribution in [0.25, 0.3) is 0 Å². The van der Waals surface area contributed by atoms with Gasteiger partial charge in [0.1, 0.15) is 0 Å². The van der Waals surface area contributed by atoms with E-state index in [4.69, 9.17) is 0 Å². The molecule has 0 radical (unpaired) electrons. The van der Waals surface area contributed by atoms with Crippen molar-refractivity contribution in [1.82, 2.24) is 9.62 Å². The summed E-state index contributed by atoms with van der Waals surface area (Å²) >= 11 is 0. The van der Waals surface area contributed by atoms with E-state index in [1.165, 1.54) is 6.42 Å². The minimum absolute atomic E-state index is 0.274. The van der Waals surface area contributed by atoms with E-state index in [2.05, 4.69) is 5.32 Å². The first-order valence-corrected chi connectivity index (χ1v) is 8.48. The molecule has 0 bridgehead atoms. The Labute approximate surface area is 111 Å². The van der Waals surface area contributed by atoms with Gasteiger partial charge in [0.25, 0.3) is 0 Å². The summed E-state index contributed by atoms with van der Waals surface area (Å²) in [6, 6.07) is 0.274. The van der Waals surface area contributed by atoms with Gasteiger partial charge in [0, 0.05) is 12.6 Å². The first-order chi connectivity index (χ1) is 8.32. The highest BCUT2D eigenvalue weighted by Crippen LogP contribution is 2.34. The Kier molecular flexibility index (Phi) is 4.04. The lowest BCUT2D eigenvalue weighted by Gasteiger charge is -2.34. The summed E-state index contributed by atoms with van der Waals surface area (Å²) in [5.74, 6) is 0.483. The smallest absolute Gasteiger partial charge is 0.219 e. The van der Waals surface area contributed by atoms with Crippen LogP contribution >= 0.6 is 0 Å². The second-order valence-corrected chi connectivity index (χ2v) is 9.27. The summed E-state index contributed by atoms with van der Waals surface area (Å²) in [4.78, 5) is 0. The number of sulfonamides is 1. The van der Waals surface area contributed by atoms with Crippen LogP contribution in [-0.4, -0.2) is 43.1 Å². The highest BCUT2D eigenvalue weighted by atomic mass is 32.2. The van der Waals surface area contributed by atoms with Crippen LogP contribution in [0.15, 0.2) is 0 Å². The second kappa shape index (κ2) is 5.10. The first-order valence-electron chi connectivity index (χ1n) is 7.04. The van der Waals surface area contributed by atoms with Crippen LogP contribution in [0.2, 0.25) is 0 Å². The molecule has 1 unspecified atom stereocenters. The third-order valence-electron chi connectivity index (χ3n) is 3.87. The molecule has 2 rings (SSSR count). The fraction of sp³-hybridized carbons (Fsp3) is 1.00. The second-order valence-electron chi connectivity index (χ2n) is 6.63. The molecule has 1 heterocycles. The van der Waals surface area contributed by atoms with Gasteiger partial charge < -0.3 is 5.32 Å². The lowest BCUT2D eigenvalue weighted by atomic mass is 10.00. The number of hydrogen-bond acceptors (Lipinski definition) is 3. The lowest BCUT2D eigenvalue weighted by molar-refractivity contribution is 0.282. The minimum atomic E-state index is -3.17. The van der Waals surface area contributed by atoms with E-state index in [9.17, 15) is 8.42 Å². The number of piperidine rings is 1. The molecule has 4 nitrogen and oxygen atoms in total. The Hall–Kier alpha value is -0.130. The first kappa shape index (κ1) is 14.3. The van der Waals surface area contributed by atoms with Gasteiger partial charge in [-0.15, -0.1) is 0 Å². The monoisotopic (exact) mass is 274 g/mol. The van der Waals surface area contributed by atoms with Crippen molar-refractivity contribution in [3.05, 3.63) is 0 Å². The SMILES string of the molecule is CC(C)(C)S(=O)(=O)N(CC1CCCNC1)C1CC1. The largest absolute Gasteiger partial charge is 0.316 e. The predicted molar refractivity (Wildman–Crippen MR) is 74.0 cm³/mol. The van der Waals surface area contributed by atoms with Gasteiger partial charge in [0.05, 0.1) is 4.75 Å². The number of rotatable bonds is 4. The Balaban J connectivity index is 2.08. The van der Waals surface area contributed by atoms with Crippen molar-refractivity contribution in [1.29, 1.82) is 0 Å². The maximum Gasteiger partial charge on any atom is 0.219 e. The molecule has 5 heteroatoms. The third kappa shape index (κ3) is 3.06. The van der Waals surface area contributed by atoms with Crippen LogP contribution in [0, 0.1) is 5.92 Å². The number of nitrogens with zero attached hydrogens (tertiary/aromatic N) is 1. The summed E-state index contributed by atoms with van der Waals surface area (Å²) in [5, 5.41) is 3.37. The molecule has 2 fully saturated rings. The van der Waals surface area contributed by atoms with Crippen molar-refractivity contribution in [2.45, 2.75) is 57.2 Å². The summed E-state index contributed by atoms with van der Waals surface area (Å²) < 4.78 is 26.3. The lowest BCUT2D eigenvalue weighted by Crippen LogP contribution is -2.48. The summed E-state index contributed by atoms with van der Waals surface area (Å²) in [6.45, 7) is 8.15. The van der Waals surface area contributed by atoms with E-state index in [-0.39, 0.29) is 6.04 Å². The molecule has 1 N–H and O–H groups in total. The summed E-state index contributed by atoms with van der Waals surface area (Å²) in [7, 11) is -3.17. The van der Waals surface area contributed by atoms with Crippen LogP contribution in [-0.2, 0) is 10.0 Å². The quantitative estimate of drug-likeness (QED) is 0.847. The van der Waals surface area contributed by atoms with Gasteiger partial charge in [0.2, 0.25) is 10.0 Å². The molecule has 0 amide bonds. The minimum Gasteiger partial charge on any atom is -0.316 e. The average molecular weight is 274 g/mol. The summed E-state index contributed by atoms with van der Waals surface area (Å²) in [5.41, 5.74) is 0. The molecule has 0 aromatic rings. The van der Waals surface area contributed by atoms with Gasteiger partial charge in [-0.3, -0.25) is 0 Å². The van der Waals surface area contributed by atoms with Gasteiger partial charge >= 0.3 is 0 Å². The highest BCUT2D eigenvalue weighted by molar-refractivity contribution is 7.90. The maximum absolute atomic E-state index is 12.6. The maximum atomic E-state index is 12.6. The van der Waals surface area contributed by atoms with Crippen molar-refractivity contribution in [3.8, 4) is 0 Å². The van der Waals surface area contributed by atoms with Gasteiger partial charge in [-0.1, -0.05) is 0 Å². The van der Waals surface area contributed by atoms with Crippen LogP contribution in [0.1, 0.15) is 46.5 Å². The van der Waals surface area contributed by atoms with E-state index in [1.807, 2.05) is 0 Å². The molecule has 2 aliphatic rings. The van der Waals surface area contributed by atoms with E-state index in [0.717, 1.165) is 32.4 Å². The fourth-order valence-electron chi connectivity index (χ4n) is 2.49. The molecule has 1 aliphatic carbocycles. The fourth-order valence-corrected chi connectivity index (χ4v) is 4.21. The van der Waals surface area contributed by atoms with Gasteiger partial charge in [-0.2, -0.15) is 4.31 Å². The van der Waals surface area contributed by atoms with Crippen molar-refractivity contribution < 1.29 is 8.42 Å². The van der Waals surface area contributed by atoms with Gasteiger partial charge in [-0.25, -0.2) is 8.42 Å². The van der Waals surface area contributed by atoms with E-state index < -0.39 is 14.8 Å². The topological polar surface area (TPSA) is 49.4 Å². The van der Waals surface area contributed by atoms with Crippen molar-refractivity contribution >= 4 is 10.0 Å². The molecule has 1 atom stereocenters. The van der Waals surface area contributed by atoms with E-state index >= 15 is 0 Å². The zero-order valence-corrected chi connectivity index (χ0v) is 12.6. The molecule has 1 aliphatic heterocycles. The van der Waals surface area contributed by atoms with Crippen molar-refractivity contribution in [3.63, 3.8) is 0 Å².